The molecule has 12 heavy (non-hydrogen) atoms. The molecular weight excluding hydrogens is 160 g/mol. The van der Waals surface area contributed by atoms with Gasteiger partial charge in [-0.25, -0.2) is 11.0 Å². The minimum Gasteiger partial charge on any atom is -0.294 e. The van der Waals surface area contributed by atoms with Crippen molar-refractivity contribution >= 4 is 5.78 Å². The molecule has 0 bridgehead atoms. The van der Waals surface area contributed by atoms with E-state index in [1.165, 1.54) is 0 Å². The van der Waals surface area contributed by atoms with E-state index in [-0.39, 0.29) is 18.0 Å². The Morgan fingerprint density at radius 3 is 1.92 bits per heavy atom. The van der Waals surface area contributed by atoms with Crippen molar-refractivity contribution in [2.75, 3.05) is 13.1 Å². The highest BCUT2D eigenvalue weighted by atomic mass is 16.7. The van der Waals surface area contributed by atoms with Gasteiger partial charge >= 0.3 is 0 Å². The zero-order valence-corrected chi connectivity index (χ0v) is 6.71. The van der Waals surface area contributed by atoms with E-state index in [1.54, 1.807) is 0 Å². The maximum atomic E-state index is 11.5. The van der Waals surface area contributed by atoms with Gasteiger partial charge in [0, 0.05) is 13.1 Å². The largest absolute Gasteiger partial charge is 0.294 e. The van der Waals surface area contributed by atoms with Gasteiger partial charge in [0.25, 0.3) is 0 Å². The van der Waals surface area contributed by atoms with E-state index in [1.807, 2.05) is 0 Å². The lowest BCUT2D eigenvalue weighted by Crippen LogP contribution is -2.32. The lowest BCUT2D eigenvalue weighted by molar-refractivity contribution is -0.142. The maximum Gasteiger partial charge on any atom is 0.194 e. The average molecular weight is 172 g/mol. The highest BCUT2D eigenvalue weighted by molar-refractivity contribution is 5.87. The zero-order chi connectivity index (χ0) is 8.39. The van der Waals surface area contributed by atoms with Crippen LogP contribution in [0.5, 0.6) is 0 Å². The average Bonchev–Trinajstić information content (AvgIpc) is 2.77. The number of rotatable bonds is 2. The van der Waals surface area contributed by atoms with Crippen molar-refractivity contribution in [3.8, 4) is 0 Å². The van der Waals surface area contributed by atoms with E-state index in [2.05, 4.69) is 11.0 Å². The maximum absolute atomic E-state index is 11.5. The second kappa shape index (κ2) is 3.49. The lowest BCUT2D eigenvalue weighted by atomic mass is 10.1. The number of hydrogen-bond acceptors (Lipinski definition) is 5. The number of hydroxylamine groups is 2. The van der Waals surface area contributed by atoms with Gasteiger partial charge in [0.1, 0.15) is 12.2 Å². The van der Waals surface area contributed by atoms with E-state index in [0.717, 1.165) is 25.9 Å². The summed E-state index contributed by atoms with van der Waals surface area (Å²) in [6.07, 6.45) is 0.877. The van der Waals surface area contributed by atoms with Crippen LogP contribution in [0.1, 0.15) is 12.8 Å². The number of carbonyl (C=O) groups excluding carboxylic acids is 1. The third-order valence-corrected chi connectivity index (χ3v) is 2.10. The van der Waals surface area contributed by atoms with E-state index in [0.29, 0.717) is 0 Å². The van der Waals surface area contributed by atoms with Gasteiger partial charge in [-0.3, -0.25) is 14.5 Å². The van der Waals surface area contributed by atoms with Gasteiger partial charge in [0.15, 0.2) is 5.78 Å². The molecule has 2 heterocycles. The third kappa shape index (κ3) is 1.49. The Bertz CT molecular complexity index is 155. The van der Waals surface area contributed by atoms with Gasteiger partial charge in [-0.05, 0) is 12.8 Å². The molecule has 5 nitrogen and oxygen atoms in total. The summed E-state index contributed by atoms with van der Waals surface area (Å²) in [4.78, 5) is 21.6. The minimum absolute atomic E-state index is 0.0463. The molecule has 0 aliphatic carbocycles. The van der Waals surface area contributed by atoms with Crippen LogP contribution < -0.4 is 11.0 Å². The number of hydrogen-bond donors (Lipinski definition) is 2. The van der Waals surface area contributed by atoms with Crippen molar-refractivity contribution in [3.63, 3.8) is 0 Å². The Morgan fingerprint density at radius 1 is 1.08 bits per heavy atom. The van der Waals surface area contributed by atoms with Gasteiger partial charge in [-0.15, -0.1) is 0 Å². The Morgan fingerprint density at radius 2 is 1.58 bits per heavy atom. The molecule has 0 saturated carbocycles. The Balaban J connectivity index is 1.89. The summed E-state index contributed by atoms with van der Waals surface area (Å²) < 4.78 is 0. The van der Waals surface area contributed by atoms with Crippen LogP contribution in [0.2, 0.25) is 0 Å². The van der Waals surface area contributed by atoms with Crippen molar-refractivity contribution < 1.29 is 14.5 Å². The Kier molecular flexibility index (Phi) is 2.36. The standard InChI is InChI=1S/C7H12N2O3/c10-7(5-1-3-8-11-5)6-2-4-9-12-6/h5-6,8-9H,1-4H2. The molecule has 0 aromatic carbocycles. The summed E-state index contributed by atoms with van der Waals surface area (Å²) in [5, 5.41) is 0. The molecule has 2 aliphatic rings. The fourth-order valence-corrected chi connectivity index (χ4v) is 1.42. The number of ketones is 1. The van der Waals surface area contributed by atoms with Gasteiger partial charge in [-0.2, -0.15) is 0 Å². The Hall–Kier alpha value is -0.490. The summed E-state index contributed by atoms with van der Waals surface area (Å²) in [7, 11) is 0. The predicted molar refractivity (Wildman–Crippen MR) is 40.0 cm³/mol. The Labute approximate surface area is 70.3 Å². The summed E-state index contributed by atoms with van der Waals surface area (Å²) in [6, 6.07) is 0. The van der Waals surface area contributed by atoms with Crippen LogP contribution >= 0.6 is 0 Å². The van der Waals surface area contributed by atoms with E-state index < -0.39 is 0 Å². The predicted octanol–water partition coefficient (Wildman–Crippen LogP) is -0.857. The van der Waals surface area contributed by atoms with Crippen molar-refractivity contribution in [1.82, 2.24) is 11.0 Å². The van der Waals surface area contributed by atoms with Crippen molar-refractivity contribution in [2.45, 2.75) is 25.0 Å². The fourth-order valence-electron chi connectivity index (χ4n) is 1.42. The summed E-state index contributed by atoms with van der Waals surface area (Å²) in [5.74, 6) is 0.0463. The molecule has 2 aliphatic heterocycles. The van der Waals surface area contributed by atoms with E-state index in [4.69, 9.17) is 9.68 Å². The van der Waals surface area contributed by atoms with E-state index >= 15 is 0 Å². The molecule has 68 valence electrons. The molecule has 2 saturated heterocycles. The van der Waals surface area contributed by atoms with Crippen LogP contribution in [-0.4, -0.2) is 31.1 Å². The van der Waals surface area contributed by atoms with Gasteiger partial charge < -0.3 is 0 Å². The van der Waals surface area contributed by atoms with Gasteiger partial charge in [0.2, 0.25) is 0 Å². The summed E-state index contributed by atoms with van der Waals surface area (Å²) in [5.41, 5.74) is 5.36. The molecule has 2 fully saturated rings. The molecule has 0 aromatic rings. The molecular formula is C7H12N2O3. The summed E-state index contributed by atoms with van der Waals surface area (Å²) >= 11 is 0. The smallest absolute Gasteiger partial charge is 0.194 e. The second-order valence-corrected chi connectivity index (χ2v) is 2.98. The monoisotopic (exact) mass is 172 g/mol. The number of nitrogens with one attached hydrogen (secondary N) is 2. The molecule has 2 unspecified atom stereocenters. The van der Waals surface area contributed by atoms with Crippen LogP contribution in [0.15, 0.2) is 0 Å². The molecule has 2 rings (SSSR count). The first-order chi connectivity index (χ1) is 5.88. The molecule has 0 radical (unpaired) electrons. The molecule has 0 aromatic heterocycles. The normalized spacial score (nSPS) is 35.7. The minimum atomic E-state index is -0.310. The quantitative estimate of drug-likeness (QED) is 0.567. The van der Waals surface area contributed by atoms with E-state index in [9.17, 15) is 4.79 Å². The van der Waals surface area contributed by atoms with Crippen molar-refractivity contribution in [2.24, 2.45) is 0 Å². The van der Waals surface area contributed by atoms with Crippen molar-refractivity contribution in [3.05, 3.63) is 0 Å². The van der Waals surface area contributed by atoms with Gasteiger partial charge in [0.05, 0.1) is 0 Å². The topological polar surface area (TPSA) is 59.6 Å². The van der Waals surface area contributed by atoms with Crippen LogP contribution in [0.4, 0.5) is 0 Å². The molecule has 5 heteroatoms. The highest BCUT2D eigenvalue weighted by Crippen LogP contribution is 2.13. The second-order valence-electron chi connectivity index (χ2n) is 2.98. The molecule has 0 amide bonds. The highest BCUT2D eigenvalue weighted by Gasteiger charge is 2.33. The first kappa shape index (κ1) is 8.12. The first-order valence-electron chi connectivity index (χ1n) is 4.18. The van der Waals surface area contributed by atoms with Crippen LogP contribution in [0.3, 0.4) is 0 Å². The molecule has 0 spiro atoms. The summed E-state index contributed by atoms with van der Waals surface area (Å²) in [6.45, 7) is 1.49. The molecule has 2 atom stereocenters. The van der Waals surface area contributed by atoms with Crippen LogP contribution in [0.25, 0.3) is 0 Å². The molecule has 2 N–H and O–H groups in total. The first-order valence-corrected chi connectivity index (χ1v) is 4.18. The number of carbonyl (C=O) groups is 1. The van der Waals surface area contributed by atoms with Crippen molar-refractivity contribution in [1.29, 1.82) is 0 Å². The SMILES string of the molecule is O=C(C1CCNO1)C1CCNO1. The third-order valence-electron chi connectivity index (χ3n) is 2.10. The zero-order valence-electron chi connectivity index (χ0n) is 6.71. The van der Waals surface area contributed by atoms with Crippen LogP contribution in [0, 0.1) is 0 Å². The lowest BCUT2D eigenvalue weighted by Gasteiger charge is -2.10. The van der Waals surface area contributed by atoms with Crippen LogP contribution in [-0.2, 0) is 14.5 Å². The fraction of sp³-hybridized carbons (Fsp3) is 0.857. The number of Topliss-reactive ketones (excluding diaryl/α,β-unsaturated/α-hetero) is 1. The van der Waals surface area contributed by atoms with Gasteiger partial charge in [-0.1, -0.05) is 0 Å².